The highest BCUT2D eigenvalue weighted by molar-refractivity contribution is 5.94. The van der Waals surface area contributed by atoms with Gasteiger partial charge in [0.25, 0.3) is 5.91 Å². The van der Waals surface area contributed by atoms with Crippen LogP contribution in [0.1, 0.15) is 36.0 Å². The molecule has 2 heterocycles. The molecule has 0 atom stereocenters. The van der Waals surface area contributed by atoms with Gasteiger partial charge >= 0.3 is 0 Å². The summed E-state index contributed by atoms with van der Waals surface area (Å²) in [5.41, 5.74) is 0.332. The van der Waals surface area contributed by atoms with Crippen LogP contribution in [0.3, 0.4) is 0 Å². The van der Waals surface area contributed by atoms with E-state index in [1.165, 1.54) is 0 Å². The number of ether oxygens (including phenoxy) is 1. The third-order valence-electron chi connectivity index (χ3n) is 5.18. The predicted octanol–water partition coefficient (Wildman–Crippen LogP) is 1.57. The SMILES string of the molecule is COCC1(C(=O)N2CCCN(C(=O)c3ccncc3)CC2)CCC1. The van der Waals surface area contributed by atoms with E-state index in [0.717, 1.165) is 25.7 Å². The summed E-state index contributed by atoms with van der Waals surface area (Å²) in [6.45, 7) is 3.08. The number of pyridine rings is 1. The molecule has 2 amide bonds. The highest BCUT2D eigenvalue weighted by Gasteiger charge is 2.46. The first kappa shape index (κ1) is 16.9. The van der Waals surface area contributed by atoms with Crippen LogP contribution in [-0.4, -0.2) is 66.5 Å². The van der Waals surface area contributed by atoms with Gasteiger partial charge in [-0.25, -0.2) is 0 Å². The van der Waals surface area contributed by atoms with Crippen LogP contribution in [0.5, 0.6) is 0 Å². The Hall–Kier alpha value is -1.95. The number of hydrogen-bond donors (Lipinski definition) is 0. The van der Waals surface area contributed by atoms with Crippen LogP contribution in [0, 0.1) is 5.41 Å². The predicted molar refractivity (Wildman–Crippen MR) is 89.5 cm³/mol. The molecule has 1 saturated heterocycles. The highest BCUT2D eigenvalue weighted by atomic mass is 16.5. The van der Waals surface area contributed by atoms with Crippen molar-refractivity contribution in [3.8, 4) is 0 Å². The highest BCUT2D eigenvalue weighted by Crippen LogP contribution is 2.42. The minimum absolute atomic E-state index is 0.0157. The molecule has 6 heteroatoms. The molecule has 0 bridgehead atoms. The van der Waals surface area contributed by atoms with Gasteiger partial charge < -0.3 is 14.5 Å². The molecule has 2 aliphatic rings. The van der Waals surface area contributed by atoms with Gasteiger partial charge in [0.05, 0.1) is 12.0 Å². The summed E-state index contributed by atoms with van der Waals surface area (Å²) in [4.78, 5) is 33.2. The number of hydrogen-bond acceptors (Lipinski definition) is 4. The number of carbonyl (C=O) groups is 2. The second kappa shape index (κ2) is 7.30. The zero-order valence-corrected chi connectivity index (χ0v) is 14.2. The molecule has 2 fully saturated rings. The lowest BCUT2D eigenvalue weighted by atomic mass is 9.68. The van der Waals surface area contributed by atoms with Gasteiger partial charge in [-0.2, -0.15) is 0 Å². The Morgan fingerprint density at radius 3 is 2.38 bits per heavy atom. The maximum absolute atomic E-state index is 12.9. The molecule has 0 N–H and O–H groups in total. The van der Waals surface area contributed by atoms with Crippen LogP contribution >= 0.6 is 0 Å². The van der Waals surface area contributed by atoms with Gasteiger partial charge in [-0.05, 0) is 31.4 Å². The van der Waals surface area contributed by atoms with Crippen molar-refractivity contribution in [1.29, 1.82) is 0 Å². The number of aromatic nitrogens is 1. The summed E-state index contributed by atoms with van der Waals surface area (Å²) in [5, 5.41) is 0. The van der Waals surface area contributed by atoms with Crippen molar-refractivity contribution < 1.29 is 14.3 Å². The first-order valence-electron chi connectivity index (χ1n) is 8.64. The fraction of sp³-hybridized carbons (Fsp3) is 0.611. The van der Waals surface area contributed by atoms with E-state index in [1.807, 2.05) is 9.80 Å². The minimum atomic E-state index is -0.320. The van der Waals surface area contributed by atoms with E-state index in [9.17, 15) is 9.59 Å². The van der Waals surface area contributed by atoms with Crippen molar-refractivity contribution in [1.82, 2.24) is 14.8 Å². The molecule has 24 heavy (non-hydrogen) atoms. The molecular formula is C18H25N3O3. The summed E-state index contributed by atoms with van der Waals surface area (Å²) >= 11 is 0. The number of methoxy groups -OCH3 is 1. The first-order chi connectivity index (χ1) is 11.7. The number of rotatable bonds is 4. The van der Waals surface area contributed by atoms with Gasteiger partial charge in [0.1, 0.15) is 0 Å². The lowest BCUT2D eigenvalue weighted by Crippen LogP contribution is -2.51. The molecule has 1 aromatic heterocycles. The van der Waals surface area contributed by atoms with Crippen molar-refractivity contribution in [2.75, 3.05) is 39.9 Å². The largest absolute Gasteiger partial charge is 0.384 e. The van der Waals surface area contributed by atoms with E-state index < -0.39 is 0 Å². The van der Waals surface area contributed by atoms with Gasteiger partial charge in [-0.3, -0.25) is 14.6 Å². The second-order valence-electron chi connectivity index (χ2n) is 6.74. The standard InChI is InChI=1S/C18H25N3O3/c1-24-14-18(6-2-7-18)17(23)21-11-3-10-20(12-13-21)16(22)15-4-8-19-9-5-15/h4-5,8-9H,2-3,6-7,10-14H2,1H3. The van der Waals surface area contributed by atoms with E-state index in [0.29, 0.717) is 38.3 Å². The molecular weight excluding hydrogens is 306 g/mol. The zero-order chi connectivity index (χ0) is 17.0. The topological polar surface area (TPSA) is 62.7 Å². The van der Waals surface area contributed by atoms with E-state index >= 15 is 0 Å². The first-order valence-corrected chi connectivity index (χ1v) is 8.64. The van der Waals surface area contributed by atoms with Gasteiger partial charge in [0, 0.05) is 51.2 Å². The molecule has 1 aliphatic carbocycles. The fourth-order valence-electron chi connectivity index (χ4n) is 3.64. The molecule has 1 aromatic rings. The maximum Gasteiger partial charge on any atom is 0.254 e. The molecule has 1 saturated carbocycles. The van der Waals surface area contributed by atoms with Gasteiger partial charge in [-0.15, -0.1) is 0 Å². The lowest BCUT2D eigenvalue weighted by Gasteiger charge is -2.42. The molecule has 0 radical (unpaired) electrons. The van der Waals surface area contributed by atoms with E-state index in [2.05, 4.69) is 4.98 Å². The normalized spacial score (nSPS) is 20.2. The minimum Gasteiger partial charge on any atom is -0.384 e. The van der Waals surface area contributed by atoms with Gasteiger partial charge in [0.15, 0.2) is 0 Å². The smallest absolute Gasteiger partial charge is 0.254 e. The second-order valence-corrected chi connectivity index (χ2v) is 6.74. The summed E-state index contributed by atoms with van der Waals surface area (Å²) in [6, 6.07) is 3.47. The van der Waals surface area contributed by atoms with Crippen LogP contribution in [0.4, 0.5) is 0 Å². The summed E-state index contributed by atoms with van der Waals surface area (Å²) in [5.74, 6) is 0.218. The van der Waals surface area contributed by atoms with Gasteiger partial charge in [-0.1, -0.05) is 6.42 Å². The van der Waals surface area contributed by atoms with Crippen molar-refractivity contribution in [2.45, 2.75) is 25.7 Å². The Balaban J connectivity index is 1.63. The maximum atomic E-state index is 12.9. The van der Waals surface area contributed by atoms with E-state index in [-0.39, 0.29) is 17.2 Å². The Labute approximate surface area is 142 Å². The average Bonchev–Trinajstić information content (AvgIpc) is 2.84. The molecule has 0 unspecified atom stereocenters. The fourth-order valence-corrected chi connectivity index (χ4v) is 3.64. The molecule has 130 valence electrons. The van der Waals surface area contributed by atoms with Crippen LogP contribution < -0.4 is 0 Å². The Morgan fingerprint density at radius 2 is 1.75 bits per heavy atom. The van der Waals surface area contributed by atoms with E-state index in [1.54, 1.807) is 31.6 Å². The lowest BCUT2D eigenvalue weighted by molar-refractivity contribution is -0.152. The van der Waals surface area contributed by atoms with Crippen LogP contribution in [0.25, 0.3) is 0 Å². The number of amides is 2. The summed E-state index contributed by atoms with van der Waals surface area (Å²) < 4.78 is 5.29. The molecule has 6 nitrogen and oxygen atoms in total. The van der Waals surface area contributed by atoms with E-state index in [4.69, 9.17) is 4.74 Å². The summed E-state index contributed by atoms with van der Waals surface area (Å²) in [7, 11) is 1.66. The van der Waals surface area contributed by atoms with Crippen molar-refractivity contribution in [3.05, 3.63) is 30.1 Å². The van der Waals surface area contributed by atoms with Crippen LogP contribution in [0.15, 0.2) is 24.5 Å². The molecule has 3 rings (SSSR count). The molecule has 0 aromatic carbocycles. The number of nitrogens with zero attached hydrogens (tertiary/aromatic N) is 3. The monoisotopic (exact) mass is 331 g/mol. The van der Waals surface area contributed by atoms with Crippen molar-refractivity contribution in [3.63, 3.8) is 0 Å². The zero-order valence-electron chi connectivity index (χ0n) is 14.2. The van der Waals surface area contributed by atoms with Crippen molar-refractivity contribution in [2.24, 2.45) is 5.41 Å². The molecule has 0 spiro atoms. The third kappa shape index (κ3) is 3.29. The average molecular weight is 331 g/mol. The Morgan fingerprint density at radius 1 is 1.08 bits per heavy atom. The Kier molecular flexibility index (Phi) is 5.14. The Bertz CT molecular complexity index is 586. The van der Waals surface area contributed by atoms with Crippen molar-refractivity contribution >= 4 is 11.8 Å². The van der Waals surface area contributed by atoms with Crippen LogP contribution in [-0.2, 0) is 9.53 Å². The third-order valence-corrected chi connectivity index (χ3v) is 5.18. The van der Waals surface area contributed by atoms with Crippen LogP contribution in [0.2, 0.25) is 0 Å². The quantitative estimate of drug-likeness (QED) is 0.840. The van der Waals surface area contributed by atoms with Gasteiger partial charge in [0.2, 0.25) is 5.91 Å². The number of carbonyl (C=O) groups excluding carboxylic acids is 2. The molecule has 1 aliphatic heterocycles. The summed E-state index contributed by atoms with van der Waals surface area (Å²) in [6.07, 6.45) is 6.99.